The number of hydrogen-bond acceptors (Lipinski definition) is 7. The number of carbonyl (C=O) groups excluding carboxylic acids is 1. The van der Waals surface area contributed by atoms with Crippen LogP contribution in [0.25, 0.3) is 0 Å². The van der Waals surface area contributed by atoms with E-state index in [1.54, 1.807) is 0 Å². The smallest absolute Gasteiger partial charge is 0.331 e. The maximum Gasteiger partial charge on any atom is 0.331 e. The third kappa shape index (κ3) is 7.30. The summed E-state index contributed by atoms with van der Waals surface area (Å²) >= 11 is 0. The largest absolute Gasteiger partial charge is 0.478 e. The van der Waals surface area contributed by atoms with Crippen molar-refractivity contribution in [3.63, 3.8) is 0 Å². The first-order valence-corrected chi connectivity index (χ1v) is 7.05. The van der Waals surface area contributed by atoms with Crippen molar-refractivity contribution in [2.24, 2.45) is 0 Å². The lowest BCUT2D eigenvalue weighted by Gasteiger charge is -2.01. The van der Waals surface area contributed by atoms with Gasteiger partial charge in [-0.25, -0.2) is 9.59 Å². The van der Waals surface area contributed by atoms with Gasteiger partial charge in [-0.05, 0) is 6.08 Å². The molecule has 0 aliphatic carbocycles. The van der Waals surface area contributed by atoms with E-state index in [1.807, 2.05) is 0 Å². The van der Waals surface area contributed by atoms with Gasteiger partial charge >= 0.3 is 32.2 Å². The average molecular weight is 316 g/mol. The third-order valence-electron chi connectivity index (χ3n) is 1.35. The minimum absolute atomic E-state index is 0.219. The van der Waals surface area contributed by atoms with Crippen LogP contribution < -0.4 is 0 Å². The van der Waals surface area contributed by atoms with Crippen LogP contribution in [0.1, 0.15) is 0 Å². The van der Waals surface area contributed by atoms with Gasteiger partial charge in [0, 0.05) is 12.2 Å². The predicted molar refractivity (Wildman–Crippen MR) is 58.9 cm³/mol. The molecule has 0 fully saturated rings. The summed E-state index contributed by atoms with van der Waals surface area (Å²) in [5, 5.41) is 8.16. The first-order chi connectivity index (χ1) is 8.44. The van der Waals surface area contributed by atoms with Crippen molar-refractivity contribution in [1.82, 2.24) is 0 Å². The van der Waals surface area contributed by atoms with E-state index >= 15 is 0 Å². The molecule has 0 bridgehead atoms. The maximum atomic E-state index is 10.8. The summed E-state index contributed by atoms with van der Waals surface area (Å²) < 4.78 is 61.8. The van der Waals surface area contributed by atoms with Gasteiger partial charge in [0.25, 0.3) is 0 Å². The molecular formula is C7H8O10S2. The van der Waals surface area contributed by atoms with E-state index < -0.39 is 43.0 Å². The van der Waals surface area contributed by atoms with Crippen LogP contribution in [0.4, 0.5) is 0 Å². The fourth-order valence-corrected chi connectivity index (χ4v) is 2.34. The molecular weight excluding hydrogens is 308 g/mol. The summed E-state index contributed by atoms with van der Waals surface area (Å²) in [6.07, 6.45) is 1.13. The van der Waals surface area contributed by atoms with Gasteiger partial charge in [0.15, 0.2) is 0 Å². The second-order valence-electron chi connectivity index (χ2n) is 2.77. The van der Waals surface area contributed by atoms with Crippen LogP contribution in [-0.2, 0) is 34.6 Å². The van der Waals surface area contributed by atoms with E-state index in [4.69, 9.17) is 14.2 Å². The molecule has 0 aliphatic heterocycles. The molecule has 0 spiro atoms. The van der Waals surface area contributed by atoms with Crippen LogP contribution in [-0.4, -0.2) is 49.6 Å². The van der Waals surface area contributed by atoms with E-state index in [-0.39, 0.29) is 6.08 Å². The molecule has 0 saturated heterocycles. The molecule has 0 saturated carbocycles. The molecule has 0 atom stereocenters. The Kier molecular flexibility index (Phi) is 5.82. The minimum Gasteiger partial charge on any atom is -0.478 e. The number of carboxylic acids is 1. The summed E-state index contributed by atoms with van der Waals surface area (Å²) in [5.41, 5.74) is 0. The van der Waals surface area contributed by atoms with Crippen LogP contribution in [0.5, 0.6) is 0 Å². The second-order valence-corrected chi connectivity index (χ2v) is 5.81. The Bertz CT molecular complexity index is 587. The molecule has 0 radical (unpaired) electrons. The quantitative estimate of drug-likeness (QED) is 0.306. The molecule has 10 nitrogen and oxygen atoms in total. The topological polar surface area (TPSA) is 172 Å². The molecule has 0 aromatic carbocycles. The van der Waals surface area contributed by atoms with Gasteiger partial charge in [-0.3, -0.25) is 9.11 Å². The normalized spacial score (nSPS) is 12.1. The number of aliphatic carboxylic acids is 1. The first kappa shape index (κ1) is 17.2. The van der Waals surface area contributed by atoms with Gasteiger partial charge < -0.3 is 9.84 Å². The molecule has 0 aromatic heterocycles. The Labute approximate surface area is 107 Å². The number of hydrogen-bond donors (Lipinski definition) is 3. The fourth-order valence-electron chi connectivity index (χ4n) is 0.723. The molecule has 3 N–H and O–H groups in total. The van der Waals surface area contributed by atoms with Crippen molar-refractivity contribution in [1.29, 1.82) is 0 Å². The highest BCUT2D eigenvalue weighted by Gasteiger charge is 2.26. The number of esters is 1. The summed E-state index contributed by atoms with van der Waals surface area (Å²) in [5.74, 6) is -2.65. The van der Waals surface area contributed by atoms with E-state index in [1.165, 1.54) is 0 Å². The molecule has 0 aromatic rings. The fraction of sp³-hybridized carbons (Fsp3) is 0.143. The van der Waals surface area contributed by atoms with Crippen LogP contribution in [0.3, 0.4) is 0 Å². The van der Waals surface area contributed by atoms with Crippen LogP contribution >= 0.6 is 0 Å². The SMILES string of the molecule is O=C(O)C=CC(=O)OCC=C(S(=O)(=O)O)S(=O)(=O)O. The second kappa shape index (κ2) is 6.42. The van der Waals surface area contributed by atoms with Crippen molar-refractivity contribution in [3.8, 4) is 0 Å². The molecule has 0 amide bonds. The average Bonchev–Trinajstić information content (AvgIpc) is 2.17. The van der Waals surface area contributed by atoms with Gasteiger partial charge in [-0.1, -0.05) is 0 Å². The van der Waals surface area contributed by atoms with Crippen LogP contribution in [0.2, 0.25) is 0 Å². The maximum absolute atomic E-state index is 10.8. The molecule has 0 heterocycles. The van der Waals surface area contributed by atoms with Gasteiger partial charge in [0.05, 0.1) is 0 Å². The molecule has 19 heavy (non-hydrogen) atoms. The minimum atomic E-state index is -5.23. The van der Waals surface area contributed by atoms with Gasteiger partial charge in [0.1, 0.15) is 6.61 Å². The van der Waals surface area contributed by atoms with Gasteiger partial charge in [0.2, 0.25) is 4.24 Å². The summed E-state index contributed by atoms with van der Waals surface area (Å²) in [6.45, 7) is -0.933. The monoisotopic (exact) mass is 316 g/mol. The number of carbonyl (C=O) groups is 2. The van der Waals surface area contributed by atoms with Crippen molar-refractivity contribution in [3.05, 3.63) is 22.5 Å². The summed E-state index contributed by atoms with van der Waals surface area (Å²) in [4.78, 5) is 20.8. The number of ether oxygens (including phenoxy) is 1. The van der Waals surface area contributed by atoms with Crippen molar-refractivity contribution >= 4 is 32.2 Å². The van der Waals surface area contributed by atoms with Gasteiger partial charge in [-0.2, -0.15) is 16.8 Å². The first-order valence-electron chi connectivity index (χ1n) is 4.17. The Morgan fingerprint density at radius 3 is 1.84 bits per heavy atom. The highest BCUT2D eigenvalue weighted by Crippen LogP contribution is 2.11. The van der Waals surface area contributed by atoms with E-state index in [9.17, 15) is 26.4 Å². The highest BCUT2D eigenvalue weighted by atomic mass is 32.3. The molecule has 0 aliphatic rings. The zero-order chi connectivity index (χ0) is 15.3. The van der Waals surface area contributed by atoms with E-state index in [0.717, 1.165) is 0 Å². The van der Waals surface area contributed by atoms with E-state index in [2.05, 4.69) is 4.74 Å². The van der Waals surface area contributed by atoms with E-state index in [0.29, 0.717) is 12.2 Å². The van der Waals surface area contributed by atoms with Crippen LogP contribution in [0, 0.1) is 0 Å². The molecule has 0 rings (SSSR count). The van der Waals surface area contributed by atoms with Gasteiger partial charge in [-0.15, -0.1) is 0 Å². The standard InChI is InChI=1S/C7H8O10S2/c8-5(9)1-2-6(10)17-4-3-7(18(11,12)13)19(14,15)16/h1-3H,4H2,(H,8,9)(H,11,12,13)(H,14,15,16). The Morgan fingerprint density at radius 1 is 1.00 bits per heavy atom. The molecule has 108 valence electrons. The number of rotatable bonds is 6. The molecule has 12 heteroatoms. The Balaban J connectivity index is 4.88. The third-order valence-corrected chi connectivity index (χ3v) is 3.96. The Morgan fingerprint density at radius 2 is 1.47 bits per heavy atom. The van der Waals surface area contributed by atoms with Crippen molar-refractivity contribution in [2.75, 3.05) is 6.61 Å². The lowest BCUT2D eigenvalue weighted by molar-refractivity contribution is -0.137. The lowest BCUT2D eigenvalue weighted by Crippen LogP contribution is -2.14. The summed E-state index contributed by atoms with van der Waals surface area (Å²) in [6, 6.07) is 0. The number of carboxylic acid groups (broad SMARTS) is 1. The zero-order valence-electron chi connectivity index (χ0n) is 8.96. The predicted octanol–water partition coefficient (Wildman–Crippen LogP) is -1.21. The highest BCUT2D eigenvalue weighted by molar-refractivity contribution is 8.09. The van der Waals surface area contributed by atoms with Crippen molar-refractivity contribution < 1.29 is 45.4 Å². The van der Waals surface area contributed by atoms with Crippen molar-refractivity contribution in [2.45, 2.75) is 0 Å². The van der Waals surface area contributed by atoms with Crippen LogP contribution in [0.15, 0.2) is 22.5 Å². The lowest BCUT2D eigenvalue weighted by atomic mass is 10.5. The Hall–Kier alpha value is -1.76. The molecule has 0 unspecified atom stereocenters. The summed E-state index contributed by atoms with van der Waals surface area (Å²) in [7, 11) is -10.5. The zero-order valence-corrected chi connectivity index (χ0v) is 10.6.